The number of furan rings is 1. The number of rotatable bonds is 2. The Hall–Kier alpha value is -3.88. The first-order valence-electron chi connectivity index (χ1n) is 11.9. The Bertz CT molecular complexity index is 1720. The summed E-state index contributed by atoms with van der Waals surface area (Å²) in [5.74, 6) is 0. The maximum atomic E-state index is 6.35. The van der Waals surface area contributed by atoms with Gasteiger partial charge in [0.1, 0.15) is 19.2 Å². The van der Waals surface area contributed by atoms with Crippen molar-refractivity contribution in [3.63, 3.8) is 0 Å². The summed E-state index contributed by atoms with van der Waals surface area (Å²) >= 11 is 0. The van der Waals surface area contributed by atoms with Gasteiger partial charge in [0.05, 0.1) is 0 Å². The van der Waals surface area contributed by atoms with Gasteiger partial charge in [-0.25, -0.2) is 0 Å². The third kappa shape index (κ3) is 2.72. The Morgan fingerprint density at radius 3 is 1.94 bits per heavy atom. The molecule has 2 heterocycles. The SMILES string of the molecule is C[Si]1(C)c2cc(-c3ccccc3)ccc2-c2ccc(-c3cccc4c3oc3ccccc34)cc21. The zero-order chi connectivity index (χ0) is 22.9. The third-order valence-electron chi connectivity index (χ3n) is 7.50. The van der Waals surface area contributed by atoms with Crippen LogP contribution in [0.3, 0.4) is 0 Å². The van der Waals surface area contributed by atoms with Crippen molar-refractivity contribution >= 4 is 40.4 Å². The lowest BCUT2D eigenvalue weighted by molar-refractivity contribution is 0.670. The molecule has 162 valence electrons. The molecule has 2 heteroatoms. The van der Waals surface area contributed by atoms with Gasteiger partial charge in [-0.15, -0.1) is 0 Å². The van der Waals surface area contributed by atoms with Gasteiger partial charge in [-0.2, -0.15) is 0 Å². The molecule has 0 N–H and O–H groups in total. The maximum Gasteiger partial charge on any atom is 0.143 e. The standard InChI is InChI=1S/C32H24OSi/c1-34(2)30-19-22(21-9-4-3-5-10-21)15-17-26(30)27-18-16-23(20-31(27)34)24-12-8-13-28-25-11-6-7-14-29(25)33-32(24)28/h3-20H,1-2H3. The summed E-state index contributed by atoms with van der Waals surface area (Å²) in [5, 5.41) is 5.40. The average Bonchev–Trinajstić information content (AvgIpc) is 3.37. The molecule has 0 fully saturated rings. The normalized spacial score (nSPS) is 13.8. The van der Waals surface area contributed by atoms with Crippen molar-refractivity contribution < 1.29 is 4.42 Å². The molecule has 0 amide bonds. The van der Waals surface area contributed by atoms with Crippen molar-refractivity contribution in [2.75, 3.05) is 0 Å². The second-order valence-corrected chi connectivity index (χ2v) is 14.1. The van der Waals surface area contributed by atoms with E-state index in [4.69, 9.17) is 4.42 Å². The van der Waals surface area contributed by atoms with Crippen LogP contribution in [0.5, 0.6) is 0 Å². The molecule has 0 unspecified atom stereocenters. The maximum absolute atomic E-state index is 6.35. The zero-order valence-electron chi connectivity index (χ0n) is 19.3. The fourth-order valence-electron chi connectivity index (χ4n) is 5.69. The highest BCUT2D eigenvalue weighted by molar-refractivity contribution is 7.03. The molecule has 34 heavy (non-hydrogen) atoms. The topological polar surface area (TPSA) is 13.1 Å². The largest absolute Gasteiger partial charge is 0.455 e. The van der Waals surface area contributed by atoms with Gasteiger partial charge in [0.25, 0.3) is 0 Å². The Morgan fingerprint density at radius 2 is 1.15 bits per heavy atom. The summed E-state index contributed by atoms with van der Waals surface area (Å²) in [4.78, 5) is 0. The number of fused-ring (bicyclic) bond motifs is 6. The van der Waals surface area contributed by atoms with E-state index >= 15 is 0 Å². The van der Waals surface area contributed by atoms with E-state index in [9.17, 15) is 0 Å². The summed E-state index contributed by atoms with van der Waals surface area (Å²) in [6, 6.07) is 39.6. The highest BCUT2D eigenvalue weighted by Crippen LogP contribution is 2.38. The van der Waals surface area contributed by atoms with E-state index in [1.807, 2.05) is 6.07 Å². The molecule has 5 aromatic carbocycles. The van der Waals surface area contributed by atoms with Gasteiger partial charge in [0, 0.05) is 16.3 Å². The molecule has 6 aromatic rings. The fraction of sp³-hybridized carbons (Fsp3) is 0.0625. The van der Waals surface area contributed by atoms with Crippen molar-refractivity contribution in [2.24, 2.45) is 0 Å². The minimum atomic E-state index is -1.84. The van der Waals surface area contributed by atoms with Crippen LogP contribution in [0.4, 0.5) is 0 Å². The number of hydrogen-bond donors (Lipinski definition) is 0. The first kappa shape index (κ1) is 19.6. The molecular formula is C32H24OSi. The molecule has 0 aliphatic carbocycles. The van der Waals surface area contributed by atoms with Gasteiger partial charge >= 0.3 is 0 Å². The molecule has 0 radical (unpaired) electrons. The molecule has 0 saturated heterocycles. The summed E-state index contributed by atoms with van der Waals surface area (Å²) in [5.41, 5.74) is 9.71. The quantitative estimate of drug-likeness (QED) is 0.245. The van der Waals surface area contributed by atoms with Crippen LogP contribution in [-0.2, 0) is 0 Å². The predicted molar refractivity (Wildman–Crippen MR) is 147 cm³/mol. The van der Waals surface area contributed by atoms with E-state index < -0.39 is 8.07 Å². The minimum Gasteiger partial charge on any atom is -0.455 e. The molecule has 1 aromatic heterocycles. The molecule has 0 saturated carbocycles. The molecule has 1 aliphatic heterocycles. The number of hydrogen-bond acceptors (Lipinski definition) is 1. The van der Waals surface area contributed by atoms with E-state index in [2.05, 4.69) is 116 Å². The Kier molecular flexibility index (Phi) is 4.06. The Morgan fingerprint density at radius 1 is 0.500 bits per heavy atom. The Balaban J connectivity index is 1.39. The van der Waals surface area contributed by atoms with E-state index in [0.717, 1.165) is 11.2 Å². The van der Waals surface area contributed by atoms with Crippen LogP contribution in [0.25, 0.3) is 55.3 Å². The van der Waals surface area contributed by atoms with Crippen LogP contribution in [-0.4, -0.2) is 8.07 Å². The monoisotopic (exact) mass is 452 g/mol. The molecule has 1 aliphatic rings. The van der Waals surface area contributed by atoms with Crippen molar-refractivity contribution in [1.29, 1.82) is 0 Å². The first-order valence-corrected chi connectivity index (χ1v) is 14.9. The lowest BCUT2D eigenvalue weighted by Gasteiger charge is -2.20. The lowest BCUT2D eigenvalue weighted by Crippen LogP contribution is -2.49. The zero-order valence-corrected chi connectivity index (χ0v) is 20.3. The predicted octanol–water partition coefficient (Wildman–Crippen LogP) is 7.72. The van der Waals surface area contributed by atoms with E-state index in [-0.39, 0.29) is 0 Å². The van der Waals surface area contributed by atoms with Crippen molar-refractivity contribution in [3.8, 4) is 33.4 Å². The van der Waals surface area contributed by atoms with Gasteiger partial charge in [0.15, 0.2) is 0 Å². The molecule has 1 nitrogen and oxygen atoms in total. The molecule has 7 rings (SSSR count). The van der Waals surface area contributed by atoms with Crippen LogP contribution in [0.15, 0.2) is 114 Å². The third-order valence-corrected chi connectivity index (χ3v) is 11.0. The molecule has 0 atom stereocenters. The van der Waals surface area contributed by atoms with E-state index in [1.54, 1.807) is 0 Å². The van der Waals surface area contributed by atoms with Gasteiger partial charge in [-0.05, 0) is 44.3 Å². The lowest BCUT2D eigenvalue weighted by atomic mass is 9.97. The first-order chi connectivity index (χ1) is 16.6. The van der Waals surface area contributed by atoms with E-state index in [1.165, 1.54) is 54.5 Å². The van der Waals surface area contributed by atoms with Crippen LogP contribution in [0.2, 0.25) is 13.1 Å². The van der Waals surface area contributed by atoms with Crippen LogP contribution in [0, 0.1) is 0 Å². The van der Waals surface area contributed by atoms with Crippen molar-refractivity contribution in [1.82, 2.24) is 0 Å². The van der Waals surface area contributed by atoms with Crippen LogP contribution >= 0.6 is 0 Å². The number of para-hydroxylation sites is 2. The van der Waals surface area contributed by atoms with Crippen LogP contribution < -0.4 is 10.4 Å². The minimum absolute atomic E-state index is 0.946. The number of benzene rings is 5. The van der Waals surface area contributed by atoms with Crippen LogP contribution in [0.1, 0.15) is 0 Å². The second kappa shape index (κ2) is 7.06. The highest BCUT2D eigenvalue weighted by Gasteiger charge is 2.37. The van der Waals surface area contributed by atoms with Gasteiger partial charge < -0.3 is 4.42 Å². The molecular weight excluding hydrogens is 428 g/mol. The van der Waals surface area contributed by atoms with Gasteiger partial charge in [-0.3, -0.25) is 0 Å². The second-order valence-electron chi connectivity index (χ2n) is 9.79. The smallest absolute Gasteiger partial charge is 0.143 e. The van der Waals surface area contributed by atoms with E-state index in [0.29, 0.717) is 0 Å². The molecule has 0 spiro atoms. The summed E-state index contributed by atoms with van der Waals surface area (Å²) in [6.45, 7) is 4.97. The highest BCUT2D eigenvalue weighted by atomic mass is 28.3. The summed E-state index contributed by atoms with van der Waals surface area (Å²) in [6.07, 6.45) is 0. The summed E-state index contributed by atoms with van der Waals surface area (Å²) < 4.78 is 6.35. The van der Waals surface area contributed by atoms with Gasteiger partial charge in [0.2, 0.25) is 0 Å². The van der Waals surface area contributed by atoms with Gasteiger partial charge in [-0.1, -0.05) is 116 Å². The fourth-order valence-corrected chi connectivity index (χ4v) is 8.80. The van der Waals surface area contributed by atoms with Crippen molar-refractivity contribution in [3.05, 3.63) is 109 Å². The van der Waals surface area contributed by atoms with Crippen molar-refractivity contribution in [2.45, 2.75) is 13.1 Å². The summed E-state index contributed by atoms with van der Waals surface area (Å²) in [7, 11) is -1.84. The average molecular weight is 453 g/mol. The molecule has 0 bridgehead atoms. The Labute approximate surface area is 200 Å².